The van der Waals surface area contributed by atoms with Gasteiger partial charge in [-0.25, -0.2) is 0 Å². The van der Waals surface area contributed by atoms with Crippen molar-refractivity contribution in [2.75, 3.05) is 0 Å². The number of aromatic nitrogens is 1. The van der Waals surface area contributed by atoms with Crippen LogP contribution in [0, 0.1) is 0 Å². The zero-order valence-corrected chi connectivity index (χ0v) is 22.1. The summed E-state index contributed by atoms with van der Waals surface area (Å²) < 4.78 is 1.91. The van der Waals surface area contributed by atoms with E-state index in [1.54, 1.807) is 0 Å². The Morgan fingerprint density at radius 3 is 2.00 bits per heavy atom. The summed E-state index contributed by atoms with van der Waals surface area (Å²) in [4.78, 5) is 9.29. The fourth-order valence-corrected chi connectivity index (χ4v) is 19.4. The van der Waals surface area contributed by atoms with Crippen molar-refractivity contribution in [3.05, 3.63) is 71.8 Å². The number of hydrogen-bond donors (Lipinski definition) is 1. The first-order valence-corrected chi connectivity index (χ1v) is 14.7. The van der Waals surface area contributed by atoms with Gasteiger partial charge in [0, 0.05) is 0 Å². The number of rotatable bonds is 2. The van der Waals surface area contributed by atoms with Gasteiger partial charge in [0.15, 0.2) is 0 Å². The van der Waals surface area contributed by atoms with E-state index < -0.39 is 14.8 Å². The van der Waals surface area contributed by atoms with Crippen molar-refractivity contribution in [3.63, 3.8) is 0 Å². The van der Waals surface area contributed by atoms with E-state index in [-0.39, 0.29) is 32.3 Å². The van der Waals surface area contributed by atoms with Crippen LogP contribution in [-0.4, -0.2) is 9.80 Å². The van der Waals surface area contributed by atoms with E-state index in [1.165, 1.54) is 26.0 Å². The molecule has 0 amide bonds. The number of hydrogen-bond acceptors (Lipinski definition) is 0. The zero-order chi connectivity index (χ0) is 20.4. The standard InChI is InChI=1S/C9H7.C8H6N.2C4H9.CH2.2ClH.Ti/c1-2-5-9-7-3-6-8(9)4-1;1-2-4-8-7(3-1)5-6-9-8;2*1-4(2)3;;;;/h1-7H;1-5,9H;2*1-3H3;1H2;2*1H;. The monoisotopic (exact) mass is 479 g/mol. The predicted molar refractivity (Wildman–Crippen MR) is 137 cm³/mol. The predicted octanol–water partition coefficient (Wildman–Crippen LogP) is 7.96. The van der Waals surface area contributed by atoms with Gasteiger partial charge in [0.25, 0.3) is 0 Å². The molecule has 0 saturated carbocycles. The molecule has 1 aliphatic carbocycles. The van der Waals surface area contributed by atoms with Gasteiger partial charge in [0.2, 0.25) is 0 Å². The first-order chi connectivity index (χ1) is 13.0. The van der Waals surface area contributed by atoms with Crippen molar-refractivity contribution >= 4 is 50.6 Å². The van der Waals surface area contributed by atoms with Gasteiger partial charge in [-0.3, -0.25) is 0 Å². The van der Waals surface area contributed by atoms with Gasteiger partial charge in [-0.1, -0.05) is 0 Å². The Labute approximate surface area is 194 Å². The average Bonchev–Trinajstić information content (AvgIpc) is 3.23. The maximum atomic E-state index is 5.40. The molecule has 0 saturated heterocycles. The topological polar surface area (TPSA) is 15.8 Å². The Morgan fingerprint density at radius 2 is 1.40 bits per heavy atom. The van der Waals surface area contributed by atoms with Crippen LogP contribution in [0.2, 0.25) is 7.44 Å². The summed E-state index contributed by atoms with van der Waals surface area (Å²) in [6.45, 7) is 14.6. The molecule has 30 heavy (non-hydrogen) atoms. The molecule has 1 unspecified atom stereocenters. The normalized spacial score (nSPS) is 16.7. The zero-order valence-electron chi connectivity index (χ0n) is 19.0. The summed E-state index contributed by atoms with van der Waals surface area (Å²) in [6, 6.07) is 20.0. The van der Waals surface area contributed by atoms with Gasteiger partial charge in [-0.2, -0.15) is 0 Å². The Bertz CT molecular complexity index is 1100. The summed E-state index contributed by atoms with van der Waals surface area (Å²) in [6.07, 6.45) is 4.80. The van der Waals surface area contributed by atoms with Crippen LogP contribution < -0.4 is 4.00 Å². The molecule has 0 spiro atoms. The third-order valence-corrected chi connectivity index (χ3v) is 24.0. The molecule has 1 aliphatic rings. The molecule has 4 rings (SSSR count). The van der Waals surface area contributed by atoms with Crippen molar-refractivity contribution in [1.29, 1.82) is 0 Å². The number of aromatic amines is 1. The molecule has 0 bridgehead atoms. The number of benzene rings is 2. The number of nitrogens with one attached hydrogen (secondary N) is 1. The average molecular weight is 480 g/mol. The summed E-state index contributed by atoms with van der Waals surface area (Å²) in [5.74, 6) is 0. The van der Waals surface area contributed by atoms with E-state index in [0.29, 0.717) is 4.22 Å². The van der Waals surface area contributed by atoms with Crippen molar-refractivity contribution < 1.29 is 14.8 Å². The van der Waals surface area contributed by atoms with Gasteiger partial charge in [0.05, 0.1) is 0 Å². The first kappa shape index (κ1) is 25.1. The van der Waals surface area contributed by atoms with Crippen LogP contribution in [0.5, 0.6) is 0 Å². The van der Waals surface area contributed by atoms with E-state index in [4.69, 9.17) is 4.82 Å². The van der Waals surface area contributed by atoms with Crippen LogP contribution in [0.4, 0.5) is 0 Å². The van der Waals surface area contributed by atoms with Crippen molar-refractivity contribution in [2.45, 2.75) is 53.2 Å². The number of allylic oxidation sites excluding steroid dienone is 1. The fraction of sp³-hybridized carbons (Fsp3) is 0.346. The summed E-state index contributed by atoms with van der Waals surface area (Å²) in [5, 5.41) is 1.29. The Morgan fingerprint density at radius 1 is 0.833 bits per heavy atom. The third-order valence-electron chi connectivity index (χ3n) is 8.06. The molecule has 0 aliphatic heterocycles. The van der Waals surface area contributed by atoms with Crippen LogP contribution in [-0.2, 0) is 14.8 Å². The van der Waals surface area contributed by atoms with Crippen molar-refractivity contribution in [3.8, 4) is 0 Å². The molecule has 1 N–H and O–H groups in total. The Balaban J connectivity index is 0.00000160. The molecule has 1 aromatic heterocycles. The summed E-state index contributed by atoms with van der Waals surface area (Å²) >= 11 is -3.85. The van der Waals surface area contributed by atoms with Gasteiger partial charge in [0.1, 0.15) is 0 Å². The second-order valence-corrected chi connectivity index (χ2v) is 22.1. The molecular weight excluding hydrogens is 445 g/mol. The van der Waals surface area contributed by atoms with E-state index in [1.807, 2.05) is 0 Å². The summed E-state index contributed by atoms with van der Waals surface area (Å²) in [7, 11) is 0. The van der Waals surface area contributed by atoms with E-state index in [9.17, 15) is 0 Å². The molecule has 1 nitrogen and oxygen atoms in total. The molecule has 162 valence electrons. The number of fused-ring (bicyclic) bond motifs is 2. The van der Waals surface area contributed by atoms with Gasteiger partial charge < -0.3 is 0 Å². The second-order valence-electron chi connectivity index (χ2n) is 10.8. The van der Waals surface area contributed by atoms with Gasteiger partial charge in [-0.15, -0.1) is 24.8 Å². The molecule has 1 atom stereocenters. The molecule has 0 radical (unpaired) electrons. The molecule has 4 heteroatoms. The maximum absolute atomic E-state index is 5.40. The van der Waals surface area contributed by atoms with E-state index in [2.05, 4.69) is 113 Å². The van der Waals surface area contributed by atoms with Crippen molar-refractivity contribution in [2.24, 2.45) is 0 Å². The summed E-state index contributed by atoms with van der Waals surface area (Å²) in [5.41, 5.74) is 4.04. The van der Waals surface area contributed by atoms with E-state index >= 15 is 0 Å². The number of H-pyrrole nitrogens is 1. The molecular formula is C26H35Cl2NTi. The minimum absolute atomic E-state index is 0. The first-order valence-electron chi connectivity index (χ1n) is 10.4. The second kappa shape index (κ2) is 7.78. The van der Waals surface area contributed by atoms with Crippen LogP contribution >= 0.6 is 24.8 Å². The SMILES string of the molecule is Cl.Cl.[CH2]=[Ti]([c]1cc2ccccc2[nH]1)([CH]1C=Cc2ccccc21)([C](C)(C)C)[C](C)(C)C. The van der Waals surface area contributed by atoms with Crippen LogP contribution in [0.3, 0.4) is 0 Å². The van der Waals surface area contributed by atoms with Crippen LogP contribution in [0.15, 0.2) is 60.7 Å². The Kier molecular flexibility index (Phi) is 6.52. The van der Waals surface area contributed by atoms with Gasteiger partial charge in [-0.05, 0) is 0 Å². The Hall–Kier alpha value is -1.12. The molecule has 1 heterocycles. The quantitative estimate of drug-likeness (QED) is 0.358. The molecule has 3 aromatic rings. The van der Waals surface area contributed by atoms with Crippen LogP contribution in [0.1, 0.15) is 56.9 Å². The van der Waals surface area contributed by atoms with E-state index in [0.717, 1.165) is 0 Å². The van der Waals surface area contributed by atoms with Gasteiger partial charge >= 0.3 is 171 Å². The fourth-order valence-electron chi connectivity index (χ4n) is 6.22. The molecule has 0 fully saturated rings. The number of para-hydroxylation sites is 1. The third kappa shape index (κ3) is 2.97. The molecule has 2 aromatic carbocycles. The number of halogens is 2. The van der Waals surface area contributed by atoms with Crippen LogP contribution in [0.25, 0.3) is 17.0 Å². The minimum atomic E-state index is -3.85. The van der Waals surface area contributed by atoms with Crippen molar-refractivity contribution in [1.82, 2.24) is 4.98 Å².